The van der Waals surface area contributed by atoms with Crippen molar-refractivity contribution in [3.05, 3.63) is 0 Å². The Balaban J connectivity index is 4.84. The fourth-order valence-electron chi connectivity index (χ4n) is 4.56. The first-order valence-corrected chi connectivity index (χ1v) is 14.9. The van der Waals surface area contributed by atoms with E-state index in [1.807, 2.05) is 0 Å². The molecule has 0 fully saturated rings. The Bertz CT molecular complexity index is 579. The predicted molar refractivity (Wildman–Crippen MR) is 156 cm³/mol. The molecule has 0 aliphatic rings. The van der Waals surface area contributed by atoms with Crippen molar-refractivity contribution >= 4 is 0 Å². The number of unbranched alkanes of at least 4 members (excludes halogenated alkanes) is 1. The van der Waals surface area contributed by atoms with Gasteiger partial charge in [0.05, 0.1) is 35.6 Å². The van der Waals surface area contributed by atoms with Gasteiger partial charge >= 0.3 is 0 Å². The van der Waals surface area contributed by atoms with Crippen molar-refractivity contribution in [3.8, 4) is 0 Å². The van der Waals surface area contributed by atoms with Gasteiger partial charge < -0.3 is 18.9 Å². The molecule has 0 amide bonds. The van der Waals surface area contributed by atoms with Gasteiger partial charge in [-0.25, -0.2) is 0 Å². The van der Waals surface area contributed by atoms with E-state index in [-0.39, 0.29) is 46.4 Å². The van der Waals surface area contributed by atoms with Crippen LogP contribution in [0.1, 0.15) is 142 Å². The van der Waals surface area contributed by atoms with Crippen LogP contribution in [0.5, 0.6) is 0 Å². The van der Waals surface area contributed by atoms with Crippen molar-refractivity contribution < 1.29 is 18.9 Å². The van der Waals surface area contributed by atoms with E-state index in [1.165, 1.54) is 25.7 Å². The van der Waals surface area contributed by atoms with Gasteiger partial charge in [-0.2, -0.15) is 0 Å². The molecule has 0 saturated heterocycles. The summed E-state index contributed by atoms with van der Waals surface area (Å²) in [4.78, 5) is 0. The summed E-state index contributed by atoms with van der Waals surface area (Å²) in [5, 5.41) is 0. The zero-order chi connectivity index (χ0) is 28.4. The Hall–Kier alpha value is -0.160. The van der Waals surface area contributed by atoms with Crippen LogP contribution in [0.15, 0.2) is 0 Å². The van der Waals surface area contributed by atoms with Gasteiger partial charge in [0.2, 0.25) is 0 Å². The highest BCUT2D eigenvalue weighted by Crippen LogP contribution is 2.42. The van der Waals surface area contributed by atoms with E-state index in [0.717, 1.165) is 19.4 Å². The molecule has 0 rings (SSSR count). The Morgan fingerprint density at radius 2 is 1.33 bits per heavy atom. The van der Waals surface area contributed by atoms with E-state index in [1.54, 1.807) is 0 Å². The maximum atomic E-state index is 6.65. The molecule has 0 aromatic rings. The van der Waals surface area contributed by atoms with E-state index in [9.17, 15) is 0 Å². The standard InChI is InChI=1S/C32H66O4/c1-16-18-19-28(17-2)23-33-25(5)22-26(6)36-31(12,13)29(8,9)20-21-34-32(14,15)30(10,11)27(7)35-24(3)4/h24-28H,16-23H2,1-15H3. The summed E-state index contributed by atoms with van der Waals surface area (Å²) in [6.07, 6.45) is 7.50. The van der Waals surface area contributed by atoms with Crippen LogP contribution in [0.25, 0.3) is 0 Å². The lowest BCUT2D eigenvalue weighted by molar-refractivity contribution is -0.178. The second kappa shape index (κ2) is 15.4. The smallest absolute Gasteiger partial charge is 0.0701 e. The van der Waals surface area contributed by atoms with Gasteiger partial charge in [-0.3, -0.25) is 0 Å². The molecule has 0 aliphatic carbocycles. The van der Waals surface area contributed by atoms with E-state index in [0.29, 0.717) is 12.5 Å². The topological polar surface area (TPSA) is 36.9 Å². The normalized spacial score (nSPS) is 17.3. The first-order chi connectivity index (χ1) is 16.3. The van der Waals surface area contributed by atoms with Crippen molar-refractivity contribution in [3.63, 3.8) is 0 Å². The lowest BCUT2D eigenvalue weighted by Crippen LogP contribution is -2.50. The van der Waals surface area contributed by atoms with Gasteiger partial charge in [0.25, 0.3) is 0 Å². The first-order valence-electron chi connectivity index (χ1n) is 14.9. The lowest BCUT2D eigenvalue weighted by Gasteiger charge is -2.47. The largest absolute Gasteiger partial charge is 0.378 e. The van der Waals surface area contributed by atoms with Gasteiger partial charge in [0.1, 0.15) is 0 Å². The van der Waals surface area contributed by atoms with E-state index < -0.39 is 0 Å². The van der Waals surface area contributed by atoms with Crippen molar-refractivity contribution in [1.82, 2.24) is 0 Å². The monoisotopic (exact) mass is 514 g/mol. The summed E-state index contributed by atoms with van der Waals surface area (Å²) < 4.78 is 25.5. The molecule has 36 heavy (non-hydrogen) atoms. The number of rotatable bonds is 20. The molecular formula is C32H66O4. The summed E-state index contributed by atoms with van der Waals surface area (Å²) >= 11 is 0. The summed E-state index contributed by atoms with van der Waals surface area (Å²) in [7, 11) is 0. The second-order valence-corrected chi connectivity index (χ2v) is 13.8. The Kier molecular flexibility index (Phi) is 15.4. The minimum Gasteiger partial charge on any atom is -0.378 e. The fourth-order valence-corrected chi connectivity index (χ4v) is 4.56. The Morgan fingerprint density at radius 3 is 1.83 bits per heavy atom. The van der Waals surface area contributed by atoms with Crippen LogP contribution >= 0.6 is 0 Å². The van der Waals surface area contributed by atoms with Crippen LogP contribution in [-0.2, 0) is 18.9 Å². The molecule has 4 unspecified atom stereocenters. The highest BCUT2D eigenvalue weighted by Gasteiger charge is 2.44. The predicted octanol–water partition coefficient (Wildman–Crippen LogP) is 9.23. The quantitative estimate of drug-likeness (QED) is 0.162. The number of hydrogen-bond donors (Lipinski definition) is 0. The molecule has 4 heteroatoms. The van der Waals surface area contributed by atoms with E-state index in [2.05, 4.69) is 104 Å². The van der Waals surface area contributed by atoms with E-state index in [4.69, 9.17) is 18.9 Å². The average Bonchev–Trinajstić information content (AvgIpc) is 2.72. The van der Waals surface area contributed by atoms with Gasteiger partial charge in [-0.15, -0.1) is 0 Å². The minimum atomic E-state index is -0.310. The summed E-state index contributed by atoms with van der Waals surface area (Å²) in [6.45, 7) is 34.7. The van der Waals surface area contributed by atoms with Gasteiger partial charge in [-0.1, -0.05) is 60.8 Å². The van der Waals surface area contributed by atoms with Crippen LogP contribution < -0.4 is 0 Å². The third kappa shape index (κ3) is 11.7. The molecule has 4 nitrogen and oxygen atoms in total. The highest BCUT2D eigenvalue weighted by atomic mass is 16.5. The maximum absolute atomic E-state index is 6.65. The third-order valence-electron chi connectivity index (χ3n) is 9.18. The molecule has 0 spiro atoms. The molecule has 0 saturated carbocycles. The minimum absolute atomic E-state index is 0.0426. The highest BCUT2D eigenvalue weighted by molar-refractivity contribution is 4.94. The Morgan fingerprint density at radius 1 is 0.750 bits per heavy atom. The summed E-state index contributed by atoms with van der Waals surface area (Å²) in [5.74, 6) is 0.674. The zero-order valence-electron chi connectivity index (χ0n) is 27.2. The molecular weight excluding hydrogens is 448 g/mol. The molecule has 0 radical (unpaired) electrons. The van der Waals surface area contributed by atoms with Gasteiger partial charge in [0, 0.05) is 18.6 Å². The van der Waals surface area contributed by atoms with Crippen LogP contribution in [0, 0.1) is 16.7 Å². The SMILES string of the molecule is CCCCC(CC)COC(C)CC(C)OC(C)(C)C(C)(C)CCOC(C)(C)C(C)(C)C(C)OC(C)C. The zero-order valence-corrected chi connectivity index (χ0v) is 27.2. The maximum Gasteiger partial charge on any atom is 0.0701 e. The molecule has 4 atom stereocenters. The lowest BCUT2D eigenvalue weighted by atomic mass is 9.72. The van der Waals surface area contributed by atoms with Crippen LogP contribution in [0.2, 0.25) is 0 Å². The third-order valence-corrected chi connectivity index (χ3v) is 9.18. The average molecular weight is 515 g/mol. The fraction of sp³-hybridized carbons (Fsp3) is 1.00. The molecule has 0 aliphatic heterocycles. The molecule has 0 aromatic carbocycles. The Labute approximate surface area is 227 Å². The molecule has 0 N–H and O–H groups in total. The van der Waals surface area contributed by atoms with Gasteiger partial charge in [-0.05, 0) is 92.9 Å². The van der Waals surface area contributed by atoms with E-state index >= 15 is 0 Å². The van der Waals surface area contributed by atoms with Crippen LogP contribution in [-0.4, -0.2) is 48.8 Å². The van der Waals surface area contributed by atoms with Crippen LogP contribution in [0.4, 0.5) is 0 Å². The van der Waals surface area contributed by atoms with Crippen molar-refractivity contribution in [2.75, 3.05) is 13.2 Å². The first kappa shape index (κ1) is 35.8. The molecule has 0 bridgehead atoms. The van der Waals surface area contributed by atoms with Gasteiger partial charge in [0.15, 0.2) is 0 Å². The molecule has 218 valence electrons. The van der Waals surface area contributed by atoms with Crippen LogP contribution in [0.3, 0.4) is 0 Å². The summed E-state index contributed by atoms with van der Waals surface area (Å²) in [6, 6.07) is 0. The summed E-state index contributed by atoms with van der Waals surface area (Å²) in [5.41, 5.74) is -0.753. The van der Waals surface area contributed by atoms with Crippen molar-refractivity contribution in [1.29, 1.82) is 0 Å². The van der Waals surface area contributed by atoms with Crippen molar-refractivity contribution in [2.24, 2.45) is 16.7 Å². The number of ether oxygens (including phenoxy) is 4. The number of hydrogen-bond acceptors (Lipinski definition) is 4. The van der Waals surface area contributed by atoms with Crippen molar-refractivity contribution in [2.45, 2.75) is 178 Å². The molecule has 0 heterocycles. The second-order valence-electron chi connectivity index (χ2n) is 13.8. The molecule has 0 aromatic heterocycles.